The molecule has 0 aliphatic heterocycles. The number of rotatable bonds is 13. The average molecular weight is 381 g/mol. The summed E-state index contributed by atoms with van der Waals surface area (Å²) < 4.78 is 5.66. The van der Waals surface area contributed by atoms with Crippen LogP contribution in [0.3, 0.4) is 0 Å². The molecule has 0 heterocycles. The van der Waals surface area contributed by atoms with Crippen LogP contribution in [-0.4, -0.2) is 11.1 Å². The summed E-state index contributed by atoms with van der Waals surface area (Å²) >= 11 is 0. The van der Waals surface area contributed by atoms with E-state index in [4.69, 9.17) is 9.84 Å². The van der Waals surface area contributed by atoms with E-state index in [0.29, 0.717) is 5.56 Å². The first-order valence-corrected chi connectivity index (χ1v) is 10.5. The zero-order chi connectivity index (χ0) is 20.0. The summed E-state index contributed by atoms with van der Waals surface area (Å²) in [5.41, 5.74) is 2.32. The predicted molar refractivity (Wildman–Crippen MR) is 116 cm³/mol. The van der Waals surface area contributed by atoms with Gasteiger partial charge in [0, 0.05) is 0 Å². The quantitative estimate of drug-likeness (QED) is 0.289. The van der Waals surface area contributed by atoms with Crippen molar-refractivity contribution in [3.8, 4) is 16.9 Å². The molecule has 0 spiro atoms. The number of carboxylic acids is 1. The van der Waals surface area contributed by atoms with E-state index in [1.165, 1.54) is 51.4 Å². The molecule has 0 aliphatic rings. The van der Waals surface area contributed by atoms with Crippen LogP contribution in [0.2, 0.25) is 0 Å². The molecule has 0 amide bonds. The molecule has 2 aromatic rings. The molecule has 3 nitrogen and oxygen atoms in total. The van der Waals surface area contributed by atoms with Crippen molar-refractivity contribution >= 4 is 5.97 Å². The number of carboxylic acid groups (broad SMARTS) is 1. The second kappa shape index (κ2) is 12.8. The predicted octanol–water partition coefficient (Wildman–Crippen LogP) is 7.48. The summed E-state index contributed by atoms with van der Waals surface area (Å²) in [4.78, 5) is 10.9. The fraction of sp³-hybridized carbons (Fsp3) is 0.400. The average Bonchev–Trinajstić information content (AvgIpc) is 2.72. The van der Waals surface area contributed by atoms with Gasteiger partial charge in [0.25, 0.3) is 0 Å². The lowest BCUT2D eigenvalue weighted by atomic mass is 10.0. The Morgan fingerprint density at radius 2 is 1.36 bits per heavy atom. The molecule has 0 aromatic heterocycles. The van der Waals surface area contributed by atoms with Crippen LogP contribution in [0.1, 0.15) is 75.1 Å². The first-order chi connectivity index (χ1) is 13.7. The normalized spacial score (nSPS) is 11.0. The maximum atomic E-state index is 10.9. The zero-order valence-electron chi connectivity index (χ0n) is 16.9. The lowest BCUT2D eigenvalue weighted by Gasteiger charge is -2.05. The first kappa shape index (κ1) is 21.7. The van der Waals surface area contributed by atoms with Crippen molar-refractivity contribution in [3.05, 3.63) is 66.4 Å². The lowest BCUT2D eigenvalue weighted by molar-refractivity contribution is 0.0697. The molecule has 150 valence electrons. The van der Waals surface area contributed by atoms with E-state index in [-0.39, 0.29) is 0 Å². The number of benzene rings is 2. The molecule has 0 bridgehead atoms. The molecule has 28 heavy (non-hydrogen) atoms. The summed E-state index contributed by atoms with van der Waals surface area (Å²) in [7, 11) is 0. The summed E-state index contributed by atoms with van der Waals surface area (Å²) in [6, 6.07) is 14.7. The minimum Gasteiger partial charge on any atom is -0.478 e. The van der Waals surface area contributed by atoms with Crippen LogP contribution in [-0.2, 0) is 0 Å². The van der Waals surface area contributed by atoms with Crippen molar-refractivity contribution in [2.45, 2.75) is 64.7 Å². The molecule has 0 saturated heterocycles. The number of allylic oxidation sites excluding steroid dienone is 1. The smallest absolute Gasteiger partial charge is 0.335 e. The van der Waals surface area contributed by atoms with Crippen molar-refractivity contribution in [2.75, 3.05) is 0 Å². The fourth-order valence-electron chi connectivity index (χ4n) is 3.12. The molecule has 0 atom stereocenters. The summed E-state index contributed by atoms with van der Waals surface area (Å²) in [5.74, 6) is -0.105. The molecular weight excluding hydrogens is 348 g/mol. The standard InChI is InChI=1S/C25H32O3/c1-2-3-4-5-6-7-8-9-10-11-20-28-24-18-16-22(17-19-24)21-12-14-23(15-13-21)25(26)27/h11-20H,2-10H2,1H3,(H,26,27)/b20-11+. The van der Waals surface area contributed by atoms with Gasteiger partial charge in [-0.2, -0.15) is 0 Å². The number of carbonyl (C=O) groups is 1. The molecule has 0 aliphatic carbocycles. The minimum atomic E-state index is -0.908. The van der Waals surface area contributed by atoms with Gasteiger partial charge < -0.3 is 9.84 Å². The van der Waals surface area contributed by atoms with Crippen LogP contribution in [0, 0.1) is 0 Å². The van der Waals surface area contributed by atoms with Gasteiger partial charge in [-0.05, 0) is 54.3 Å². The van der Waals surface area contributed by atoms with E-state index in [1.54, 1.807) is 18.4 Å². The van der Waals surface area contributed by atoms with Gasteiger partial charge in [0.05, 0.1) is 11.8 Å². The molecular formula is C25H32O3. The Bertz CT molecular complexity index is 714. The van der Waals surface area contributed by atoms with Crippen LogP contribution in [0.15, 0.2) is 60.9 Å². The monoisotopic (exact) mass is 380 g/mol. The molecule has 2 aromatic carbocycles. The SMILES string of the molecule is CCCCCCCCCC/C=C/Oc1ccc(-c2ccc(C(=O)O)cc2)cc1. The van der Waals surface area contributed by atoms with Gasteiger partial charge >= 0.3 is 5.97 Å². The van der Waals surface area contributed by atoms with Crippen molar-refractivity contribution < 1.29 is 14.6 Å². The van der Waals surface area contributed by atoms with Gasteiger partial charge in [-0.15, -0.1) is 0 Å². The molecule has 0 radical (unpaired) electrons. The van der Waals surface area contributed by atoms with E-state index in [9.17, 15) is 4.79 Å². The summed E-state index contributed by atoms with van der Waals surface area (Å²) in [5, 5.41) is 8.96. The number of ether oxygens (including phenoxy) is 1. The van der Waals surface area contributed by atoms with Crippen LogP contribution in [0.5, 0.6) is 5.75 Å². The third-order valence-corrected chi connectivity index (χ3v) is 4.84. The molecule has 0 saturated carbocycles. The van der Waals surface area contributed by atoms with Crippen molar-refractivity contribution in [1.82, 2.24) is 0 Å². The van der Waals surface area contributed by atoms with E-state index in [0.717, 1.165) is 23.3 Å². The van der Waals surface area contributed by atoms with Gasteiger partial charge in [0.1, 0.15) is 5.75 Å². The van der Waals surface area contributed by atoms with Crippen LogP contribution >= 0.6 is 0 Å². The second-order valence-electron chi connectivity index (χ2n) is 7.16. The molecule has 2 rings (SSSR count). The van der Waals surface area contributed by atoms with Crippen molar-refractivity contribution in [2.24, 2.45) is 0 Å². The second-order valence-corrected chi connectivity index (χ2v) is 7.16. The number of aromatic carboxylic acids is 1. The number of unbranched alkanes of at least 4 members (excludes halogenated alkanes) is 8. The van der Waals surface area contributed by atoms with Gasteiger partial charge in [-0.3, -0.25) is 0 Å². The van der Waals surface area contributed by atoms with E-state index < -0.39 is 5.97 Å². The number of hydrogen-bond acceptors (Lipinski definition) is 2. The van der Waals surface area contributed by atoms with E-state index in [1.807, 2.05) is 36.4 Å². The molecule has 1 N–H and O–H groups in total. The van der Waals surface area contributed by atoms with Gasteiger partial charge in [0.15, 0.2) is 0 Å². The third kappa shape index (κ3) is 7.99. The Morgan fingerprint density at radius 1 is 0.821 bits per heavy atom. The van der Waals surface area contributed by atoms with Crippen molar-refractivity contribution in [3.63, 3.8) is 0 Å². The Kier molecular flexibility index (Phi) is 9.92. The molecule has 0 fully saturated rings. The first-order valence-electron chi connectivity index (χ1n) is 10.5. The third-order valence-electron chi connectivity index (χ3n) is 4.84. The zero-order valence-corrected chi connectivity index (χ0v) is 16.9. The van der Waals surface area contributed by atoms with Crippen molar-refractivity contribution in [1.29, 1.82) is 0 Å². The Balaban J connectivity index is 1.65. The Hall–Kier alpha value is -2.55. The van der Waals surface area contributed by atoms with Crippen LogP contribution in [0.4, 0.5) is 0 Å². The van der Waals surface area contributed by atoms with Gasteiger partial charge in [0.2, 0.25) is 0 Å². The van der Waals surface area contributed by atoms with Gasteiger partial charge in [-0.25, -0.2) is 4.79 Å². The lowest BCUT2D eigenvalue weighted by Crippen LogP contribution is -1.94. The highest BCUT2D eigenvalue weighted by Gasteiger charge is 2.03. The highest BCUT2D eigenvalue weighted by atomic mass is 16.5. The Labute approximate surface area is 169 Å². The van der Waals surface area contributed by atoms with E-state index in [2.05, 4.69) is 13.0 Å². The summed E-state index contributed by atoms with van der Waals surface area (Å²) in [6.07, 6.45) is 15.6. The highest BCUT2D eigenvalue weighted by Crippen LogP contribution is 2.23. The van der Waals surface area contributed by atoms with Crippen LogP contribution < -0.4 is 4.74 Å². The summed E-state index contributed by atoms with van der Waals surface area (Å²) in [6.45, 7) is 2.25. The number of hydrogen-bond donors (Lipinski definition) is 1. The Morgan fingerprint density at radius 3 is 1.93 bits per heavy atom. The largest absolute Gasteiger partial charge is 0.478 e. The maximum absolute atomic E-state index is 10.9. The molecule has 0 unspecified atom stereocenters. The minimum absolute atomic E-state index is 0.297. The van der Waals surface area contributed by atoms with E-state index >= 15 is 0 Å². The molecule has 3 heteroatoms. The van der Waals surface area contributed by atoms with Crippen LogP contribution in [0.25, 0.3) is 11.1 Å². The maximum Gasteiger partial charge on any atom is 0.335 e. The van der Waals surface area contributed by atoms with Gasteiger partial charge in [-0.1, -0.05) is 76.1 Å². The topological polar surface area (TPSA) is 46.5 Å². The fourth-order valence-corrected chi connectivity index (χ4v) is 3.12. The highest BCUT2D eigenvalue weighted by molar-refractivity contribution is 5.88.